The first kappa shape index (κ1) is 20.6. The Bertz CT molecular complexity index is 795. The fourth-order valence-electron chi connectivity index (χ4n) is 3.81. The Morgan fingerprint density at radius 3 is 2.18 bits per heavy atom. The number of carbonyl (C=O) groups excluding carboxylic acids is 1. The second-order valence-corrected chi connectivity index (χ2v) is 8.03. The number of benzene rings is 2. The molecule has 0 amide bonds. The van der Waals surface area contributed by atoms with E-state index in [0.29, 0.717) is 18.4 Å². The summed E-state index contributed by atoms with van der Waals surface area (Å²) < 4.78 is 19.9. The zero-order chi connectivity index (χ0) is 19.9. The lowest BCUT2D eigenvalue weighted by atomic mass is 9.94. The van der Waals surface area contributed by atoms with E-state index in [9.17, 15) is 9.18 Å². The molecule has 2 aromatic rings. The van der Waals surface area contributed by atoms with Gasteiger partial charge in [0.1, 0.15) is 0 Å². The van der Waals surface area contributed by atoms with E-state index in [1.165, 1.54) is 30.4 Å². The maximum Gasteiger partial charge on any atom is 0.314 e. The van der Waals surface area contributed by atoms with Gasteiger partial charge in [-0.2, -0.15) is 0 Å². The van der Waals surface area contributed by atoms with Crippen LogP contribution in [0.2, 0.25) is 0 Å². The van der Waals surface area contributed by atoms with Gasteiger partial charge in [-0.25, -0.2) is 4.39 Å². The maximum atomic E-state index is 14.7. The smallest absolute Gasteiger partial charge is 0.314 e. The topological polar surface area (TPSA) is 26.3 Å². The summed E-state index contributed by atoms with van der Waals surface area (Å²) >= 11 is 0. The number of fused-ring (bicyclic) bond motifs is 1. The van der Waals surface area contributed by atoms with Crippen molar-refractivity contribution < 1.29 is 13.9 Å². The zero-order valence-corrected chi connectivity index (χ0v) is 17.1. The number of aryl methyl sites for hydroxylation is 3. The van der Waals surface area contributed by atoms with Crippen molar-refractivity contribution in [3.63, 3.8) is 0 Å². The van der Waals surface area contributed by atoms with Crippen LogP contribution in [0.1, 0.15) is 68.2 Å². The summed E-state index contributed by atoms with van der Waals surface area (Å²) in [6.45, 7) is 4.04. The minimum atomic E-state index is -0.353. The van der Waals surface area contributed by atoms with Gasteiger partial charge in [-0.3, -0.25) is 4.79 Å². The Labute approximate surface area is 168 Å². The van der Waals surface area contributed by atoms with Gasteiger partial charge >= 0.3 is 5.97 Å². The van der Waals surface area contributed by atoms with Crippen molar-refractivity contribution in [2.75, 3.05) is 0 Å². The zero-order valence-electron chi connectivity index (χ0n) is 17.1. The molecule has 0 spiro atoms. The van der Waals surface area contributed by atoms with E-state index < -0.39 is 0 Å². The molecule has 0 aromatic heterocycles. The molecule has 0 bridgehead atoms. The maximum absolute atomic E-state index is 14.7. The summed E-state index contributed by atoms with van der Waals surface area (Å²) in [5.74, 6) is -0.731. The molecule has 1 atom stereocenters. The molecule has 150 valence electrons. The van der Waals surface area contributed by atoms with Crippen LogP contribution in [-0.2, 0) is 30.5 Å². The molecular weight excluding hydrogens is 351 g/mol. The van der Waals surface area contributed by atoms with Crippen molar-refractivity contribution in [1.29, 1.82) is 0 Å². The fourth-order valence-corrected chi connectivity index (χ4v) is 3.81. The van der Waals surface area contributed by atoms with Crippen LogP contribution in [0.5, 0.6) is 5.75 Å². The standard InChI is InChI=1S/C25H31FO2/c1-3-4-5-8-19-11-13-20(14-12-19)9-6-7-10-21-15-16-22-17-18(2)25(27)28-24(22)23(21)26/h11-16,18H,3-10,17H2,1-2H3. The molecule has 1 heterocycles. The first-order chi connectivity index (χ1) is 13.6. The summed E-state index contributed by atoms with van der Waals surface area (Å²) in [6, 6.07) is 12.7. The molecule has 28 heavy (non-hydrogen) atoms. The average Bonchev–Trinajstić information content (AvgIpc) is 2.70. The summed E-state index contributed by atoms with van der Waals surface area (Å²) in [7, 11) is 0. The Balaban J connectivity index is 1.48. The molecule has 3 rings (SSSR count). The number of esters is 1. The molecule has 0 radical (unpaired) electrons. The normalized spacial score (nSPS) is 16.0. The molecule has 3 heteroatoms. The molecule has 0 N–H and O–H groups in total. The molecule has 0 aliphatic carbocycles. The monoisotopic (exact) mass is 382 g/mol. The third-order valence-electron chi connectivity index (χ3n) is 5.64. The number of hydrogen-bond donors (Lipinski definition) is 0. The van der Waals surface area contributed by atoms with E-state index in [1.54, 1.807) is 0 Å². The van der Waals surface area contributed by atoms with Crippen LogP contribution in [0.3, 0.4) is 0 Å². The van der Waals surface area contributed by atoms with Crippen molar-refractivity contribution in [3.05, 3.63) is 64.5 Å². The third-order valence-corrected chi connectivity index (χ3v) is 5.64. The predicted octanol–water partition coefficient (Wildman–Crippen LogP) is 6.22. The third kappa shape index (κ3) is 5.21. The molecule has 0 fully saturated rings. The van der Waals surface area contributed by atoms with Crippen molar-refractivity contribution in [2.45, 2.75) is 71.6 Å². The Hall–Kier alpha value is -2.16. The van der Waals surface area contributed by atoms with E-state index in [4.69, 9.17) is 4.74 Å². The first-order valence-electron chi connectivity index (χ1n) is 10.7. The molecule has 2 nitrogen and oxygen atoms in total. The second-order valence-electron chi connectivity index (χ2n) is 8.03. The highest BCUT2D eigenvalue weighted by Gasteiger charge is 2.28. The molecule has 0 saturated heterocycles. The summed E-state index contributed by atoms with van der Waals surface area (Å²) in [4.78, 5) is 11.7. The van der Waals surface area contributed by atoms with E-state index in [1.807, 2.05) is 19.1 Å². The molecule has 0 saturated carbocycles. The van der Waals surface area contributed by atoms with E-state index in [-0.39, 0.29) is 23.5 Å². The minimum Gasteiger partial charge on any atom is -0.423 e. The Morgan fingerprint density at radius 1 is 0.929 bits per heavy atom. The molecule has 2 aromatic carbocycles. The summed E-state index contributed by atoms with van der Waals surface area (Å²) in [5, 5.41) is 0. The minimum absolute atomic E-state index is 0.152. The number of hydrogen-bond acceptors (Lipinski definition) is 2. The van der Waals surface area contributed by atoms with Crippen LogP contribution in [-0.4, -0.2) is 5.97 Å². The first-order valence-corrected chi connectivity index (χ1v) is 10.7. The van der Waals surface area contributed by atoms with Gasteiger partial charge in [0.2, 0.25) is 0 Å². The van der Waals surface area contributed by atoms with E-state index >= 15 is 0 Å². The number of ether oxygens (including phenoxy) is 1. The average molecular weight is 383 g/mol. The van der Waals surface area contributed by atoms with Crippen LogP contribution in [0.25, 0.3) is 0 Å². The van der Waals surface area contributed by atoms with Crippen LogP contribution in [0.4, 0.5) is 4.39 Å². The Morgan fingerprint density at radius 2 is 1.54 bits per heavy atom. The van der Waals surface area contributed by atoms with Crippen LogP contribution < -0.4 is 4.74 Å². The lowest BCUT2D eigenvalue weighted by Gasteiger charge is -2.22. The molecule has 1 unspecified atom stereocenters. The SMILES string of the molecule is CCCCCc1ccc(CCCCc2ccc3c(c2F)OC(=O)C(C)C3)cc1. The van der Waals surface area contributed by atoms with Gasteiger partial charge in [-0.15, -0.1) is 0 Å². The number of carbonyl (C=O) groups is 1. The van der Waals surface area contributed by atoms with Gasteiger partial charge in [0.25, 0.3) is 0 Å². The van der Waals surface area contributed by atoms with Gasteiger partial charge in [0, 0.05) is 0 Å². The van der Waals surface area contributed by atoms with Crippen molar-refractivity contribution >= 4 is 5.97 Å². The van der Waals surface area contributed by atoms with Gasteiger partial charge < -0.3 is 4.74 Å². The van der Waals surface area contributed by atoms with Crippen molar-refractivity contribution in [2.24, 2.45) is 5.92 Å². The number of rotatable bonds is 9. The largest absolute Gasteiger partial charge is 0.423 e. The molecule has 1 aliphatic rings. The highest BCUT2D eigenvalue weighted by atomic mass is 19.1. The lowest BCUT2D eigenvalue weighted by Crippen LogP contribution is -2.26. The van der Waals surface area contributed by atoms with Gasteiger partial charge in [0.15, 0.2) is 11.6 Å². The summed E-state index contributed by atoms with van der Waals surface area (Å²) in [5.41, 5.74) is 4.20. The van der Waals surface area contributed by atoms with Crippen molar-refractivity contribution in [1.82, 2.24) is 0 Å². The van der Waals surface area contributed by atoms with Crippen molar-refractivity contribution in [3.8, 4) is 5.75 Å². The summed E-state index contributed by atoms with van der Waals surface area (Å²) in [6.07, 6.45) is 9.13. The van der Waals surface area contributed by atoms with Gasteiger partial charge in [0.05, 0.1) is 5.92 Å². The highest BCUT2D eigenvalue weighted by Crippen LogP contribution is 2.33. The molecular formula is C25H31FO2. The lowest BCUT2D eigenvalue weighted by molar-refractivity contribution is -0.139. The van der Waals surface area contributed by atoms with Crippen LogP contribution in [0, 0.1) is 11.7 Å². The predicted molar refractivity (Wildman–Crippen MR) is 111 cm³/mol. The van der Waals surface area contributed by atoms with Gasteiger partial charge in [-0.1, -0.05) is 63.1 Å². The quantitative estimate of drug-likeness (QED) is 0.292. The Kier molecular flexibility index (Phi) is 7.24. The highest BCUT2D eigenvalue weighted by molar-refractivity contribution is 5.77. The number of unbranched alkanes of at least 4 members (excludes halogenated alkanes) is 3. The van der Waals surface area contributed by atoms with E-state index in [2.05, 4.69) is 31.2 Å². The van der Waals surface area contributed by atoms with Crippen LogP contribution in [0.15, 0.2) is 36.4 Å². The second kappa shape index (κ2) is 9.86. The van der Waals surface area contributed by atoms with Gasteiger partial charge in [-0.05, 0) is 67.2 Å². The fraction of sp³-hybridized carbons (Fsp3) is 0.480. The molecule has 1 aliphatic heterocycles. The van der Waals surface area contributed by atoms with Crippen LogP contribution >= 0.6 is 0 Å². The number of halogens is 1. The van der Waals surface area contributed by atoms with E-state index in [0.717, 1.165) is 31.2 Å².